The molecule has 1 aromatic rings. The number of hydrogen-bond donors (Lipinski definition) is 1. The number of aryl methyl sites for hydroxylation is 2. The molecule has 4 nitrogen and oxygen atoms in total. The molecule has 0 radical (unpaired) electrons. The topological polar surface area (TPSA) is 47.1 Å². The molecule has 0 aromatic carbocycles. The lowest BCUT2D eigenvalue weighted by Gasteiger charge is -2.23. The Morgan fingerprint density at radius 3 is 2.75 bits per heavy atom. The van der Waals surface area contributed by atoms with E-state index < -0.39 is 0 Å². The van der Waals surface area contributed by atoms with Gasteiger partial charge in [-0.05, 0) is 33.2 Å². The first-order valence-corrected chi connectivity index (χ1v) is 6.06. The van der Waals surface area contributed by atoms with Gasteiger partial charge in [-0.15, -0.1) is 0 Å². The fraction of sp³-hybridized carbons (Fsp3) is 0.750. The van der Waals surface area contributed by atoms with Gasteiger partial charge in [-0.25, -0.2) is 0 Å². The summed E-state index contributed by atoms with van der Waals surface area (Å²) >= 11 is 0. The molecular formula is C12H22N4. The van der Waals surface area contributed by atoms with E-state index in [0.29, 0.717) is 6.04 Å². The molecule has 0 saturated carbocycles. The van der Waals surface area contributed by atoms with Gasteiger partial charge < -0.3 is 5.73 Å². The number of likely N-dealkylation sites (tertiary alicyclic amines) is 1. The summed E-state index contributed by atoms with van der Waals surface area (Å²) in [6.45, 7) is 7.19. The van der Waals surface area contributed by atoms with E-state index in [1.165, 1.54) is 30.6 Å². The van der Waals surface area contributed by atoms with Crippen LogP contribution in [0, 0.1) is 13.8 Å². The highest BCUT2D eigenvalue weighted by Crippen LogP contribution is 2.22. The summed E-state index contributed by atoms with van der Waals surface area (Å²) in [5, 5.41) is 4.46. The van der Waals surface area contributed by atoms with Crippen LogP contribution in [-0.4, -0.2) is 33.8 Å². The van der Waals surface area contributed by atoms with Crippen LogP contribution in [0.1, 0.15) is 29.8 Å². The molecule has 1 saturated heterocycles. The molecule has 1 aliphatic rings. The highest BCUT2D eigenvalue weighted by Gasteiger charge is 2.24. The van der Waals surface area contributed by atoms with Gasteiger partial charge in [0, 0.05) is 37.4 Å². The lowest BCUT2D eigenvalue weighted by Crippen LogP contribution is -2.35. The van der Waals surface area contributed by atoms with Crippen molar-refractivity contribution in [2.75, 3.05) is 13.1 Å². The largest absolute Gasteiger partial charge is 0.329 e. The summed E-state index contributed by atoms with van der Waals surface area (Å²) in [6, 6.07) is 0.569. The lowest BCUT2D eigenvalue weighted by molar-refractivity contribution is 0.249. The molecule has 2 rings (SSSR count). The van der Waals surface area contributed by atoms with E-state index in [1.54, 1.807) is 0 Å². The minimum absolute atomic E-state index is 0.569. The molecule has 16 heavy (non-hydrogen) atoms. The average Bonchev–Trinajstić information content (AvgIpc) is 2.79. The maximum Gasteiger partial charge on any atom is 0.0641 e. The van der Waals surface area contributed by atoms with Gasteiger partial charge >= 0.3 is 0 Å². The van der Waals surface area contributed by atoms with Gasteiger partial charge in [-0.3, -0.25) is 9.58 Å². The minimum atomic E-state index is 0.569. The van der Waals surface area contributed by atoms with Crippen molar-refractivity contribution in [3.8, 4) is 0 Å². The van der Waals surface area contributed by atoms with Crippen LogP contribution in [0.2, 0.25) is 0 Å². The second-order valence-electron chi connectivity index (χ2n) is 4.78. The standard InChI is InChI=1S/C12H22N4/c1-9-12(10(2)15(3)14-9)8-16-6-4-5-11(16)7-13/h11H,4-8,13H2,1-3H3. The third kappa shape index (κ3) is 1.99. The van der Waals surface area contributed by atoms with Gasteiger partial charge in [0.25, 0.3) is 0 Å². The summed E-state index contributed by atoms with van der Waals surface area (Å²) in [5.41, 5.74) is 9.61. The fourth-order valence-electron chi connectivity index (χ4n) is 2.62. The third-order valence-electron chi connectivity index (χ3n) is 3.79. The van der Waals surface area contributed by atoms with Crippen molar-refractivity contribution < 1.29 is 0 Å². The van der Waals surface area contributed by atoms with Crippen molar-refractivity contribution in [2.45, 2.75) is 39.3 Å². The Balaban J connectivity index is 2.14. The number of rotatable bonds is 3. The maximum absolute atomic E-state index is 5.80. The Bertz CT molecular complexity index is 369. The zero-order chi connectivity index (χ0) is 11.7. The van der Waals surface area contributed by atoms with E-state index in [0.717, 1.165) is 18.8 Å². The fourth-order valence-corrected chi connectivity index (χ4v) is 2.62. The van der Waals surface area contributed by atoms with Crippen molar-refractivity contribution in [2.24, 2.45) is 12.8 Å². The van der Waals surface area contributed by atoms with E-state index in [4.69, 9.17) is 5.73 Å². The molecule has 1 aliphatic heterocycles. The smallest absolute Gasteiger partial charge is 0.0641 e. The summed E-state index contributed by atoms with van der Waals surface area (Å²) in [4.78, 5) is 2.50. The molecule has 1 unspecified atom stereocenters. The molecule has 1 fully saturated rings. The number of nitrogens with zero attached hydrogens (tertiary/aromatic N) is 3. The molecule has 2 heterocycles. The predicted octanol–water partition coefficient (Wildman–Crippen LogP) is 0.960. The molecular weight excluding hydrogens is 200 g/mol. The summed E-state index contributed by atoms with van der Waals surface area (Å²) in [6.07, 6.45) is 2.52. The van der Waals surface area contributed by atoms with E-state index in [1.807, 2.05) is 11.7 Å². The second kappa shape index (κ2) is 4.55. The van der Waals surface area contributed by atoms with Gasteiger partial charge in [0.2, 0.25) is 0 Å². The number of nitrogens with two attached hydrogens (primary N) is 1. The van der Waals surface area contributed by atoms with Crippen molar-refractivity contribution in [3.63, 3.8) is 0 Å². The first kappa shape index (κ1) is 11.6. The Hall–Kier alpha value is -0.870. The van der Waals surface area contributed by atoms with Crippen LogP contribution in [-0.2, 0) is 13.6 Å². The molecule has 0 bridgehead atoms. The van der Waals surface area contributed by atoms with Crippen molar-refractivity contribution in [3.05, 3.63) is 17.0 Å². The Kier molecular flexibility index (Phi) is 3.30. The highest BCUT2D eigenvalue weighted by molar-refractivity contribution is 5.24. The minimum Gasteiger partial charge on any atom is -0.329 e. The SMILES string of the molecule is Cc1nn(C)c(C)c1CN1CCCC1CN. The Morgan fingerprint density at radius 1 is 1.44 bits per heavy atom. The molecule has 2 N–H and O–H groups in total. The summed E-state index contributed by atoms with van der Waals surface area (Å²) in [5.74, 6) is 0. The first-order chi connectivity index (χ1) is 7.63. The molecule has 4 heteroatoms. The van der Waals surface area contributed by atoms with E-state index in [-0.39, 0.29) is 0 Å². The predicted molar refractivity (Wildman–Crippen MR) is 65.2 cm³/mol. The number of aromatic nitrogens is 2. The molecule has 0 aliphatic carbocycles. The summed E-state index contributed by atoms with van der Waals surface area (Å²) < 4.78 is 1.97. The number of hydrogen-bond acceptors (Lipinski definition) is 3. The average molecular weight is 222 g/mol. The van der Waals surface area contributed by atoms with Gasteiger partial charge in [-0.2, -0.15) is 5.10 Å². The van der Waals surface area contributed by atoms with Crippen LogP contribution in [0.4, 0.5) is 0 Å². The monoisotopic (exact) mass is 222 g/mol. The zero-order valence-corrected chi connectivity index (χ0v) is 10.5. The first-order valence-electron chi connectivity index (χ1n) is 6.06. The Labute approximate surface area is 97.4 Å². The van der Waals surface area contributed by atoms with Gasteiger partial charge in [0.05, 0.1) is 5.69 Å². The second-order valence-corrected chi connectivity index (χ2v) is 4.78. The van der Waals surface area contributed by atoms with Gasteiger partial charge in [0.1, 0.15) is 0 Å². The quantitative estimate of drug-likeness (QED) is 0.828. The van der Waals surface area contributed by atoms with E-state index in [2.05, 4.69) is 23.8 Å². The molecule has 90 valence electrons. The molecule has 1 atom stereocenters. The zero-order valence-electron chi connectivity index (χ0n) is 10.5. The van der Waals surface area contributed by atoms with Crippen molar-refractivity contribution in [1.29, 1.82) is 0 Å². The van der Waals surface area contributed by atoms with Gasteiger partial charge in [-0.1, -0.05) is 0 Å². The van der Waals surface area contributed by atoms with E-state index >= 15 is 0 Å². The normalized spacial score (nSPS) is 21.9. The molecule has 1 aromatic heterocycles. The lowest BCUT2D eigenvalue weighted by atomic mass is 10.1. The van der Waals surface area contributed by atoms with Crippen LogP contribution < -0.4 is 5.73 Å². The Morgan fingerprint density at radius 2 is 2.19 bits per heavy atom. The van der Waals surface area contributed by atoms with Crippen LogP contribution in [0.25, 0.3) is 0 Å². The van der Waals surface area contributed by atoms with Crippen molar-refractivity contribution >= 4 is 0 Å². The molecule has 0 spiro atoms. The maximum atomic E-state index is 5.80. The van der Waals surface area contributed by atoms with Crippen LogP contribution in [0.15, 0.2) is 0 Å². The van der Waals surface area contributed by atoms with Crippen LogP contribution in [0.3, 0.4) is 0 Å². The van der Waals surface area contributed by atoms with Crippen LogP contribution in [0.5, 0.6) is 0 Å². The van der Waals surface area contributed by atoms with Crippen LogP contribution >= 0.6 is 0 Å². The highest BCUT2D eigenvalue weighted by atomic mass is 15.3. The van der Waals surface area contributed by atoms with Crippen molar-refractivity contribution in [1.82, 2.24) is 14.7 Å². The summed E-state index contributed by atoms with van der Waals surface area (Å²) in [7, 11) is 2.01. The third-order valence-corrected chi connectivity index (χ3v) is 3.79. The van der Waals surface area contributed by atoms with E-state index in [9.17, 15) is 0 Å². The van der Waals surface area contributed by atoms with Gasteiger partial charge in [0.15, 0.2) is 0 Å². The molecule has 0 amide bonds.